The SMILES string of the molecule is CCCC(Oc1c(Br)cc(CNC)cc1Br)C(=O)O. The van der Waals surface area contributed by atoms with Crippen LogP contribution in [0.1, 0.15) is 25.3 Å². The van der Waals surface area contributed by atoms with E-state index in [0.29, 0.717) is 12.2 Å². The van der Waals surface area contributed by atoms with E-state index in [1.54, 1.807) is 0 Å². The lowest BCUT2D eigenvalue weighted by atomic mass is 10.2. The van der Waals surface area contributed by atoms with Crippen molar-refractivity contribution in [1.29, 1.82) is 0 Å². The fourth-order valence-electron chi connectivity index (χ4n) is 1.67. The van der Waals surface area contributed by atoms with E-state index in [2.05, 4.69) is 37.2 Å². The third kappa shape index (κ3) is 4.78. The third-order valence-electron chi connectivity index (χ3n) is 2.53. The Morgan fingerprint density at radius 3 is 2.42 bits per heavy atom. The molecular formula is C13H17Br2NO3. The average Bonchev–Trinajstić information content (AvgIpc) is 2.32. The maximum atomic E-state index is 11.1. The minimum atomic E-state index is -0.944. The highest BCUT2D eigenvalue weighted by molar-refractivity contribution is 9.11. The monoisotopic (exact) mass is 393 g/mol. The highest BCUT2D eigenvalue weighted by Crippen LogP contribution is 2.35. The first-order chi connectivity index (χ1) is 8.99. The number of benzene rings is 1. The maximum Gasteiger partial charge on any atom is 0.344 e. The van der Waals surface area contributed by atoms with Gasteiger partial charge in [0.15, 0.2) is 6.10 Å². The number of ether oxygens (including phenoxy) is 1. The van der Waals surface area contributed by atoms with Crippen LogP contribution in [0.15, 0.2) is 21.1 Å². The molecule has 1 aromatic rings. The van der Waals surface area contributed by atoms with Gasteiger partial charge < -0.3 is 15.2 Å². The summed E-state index contributed by atoms with van der Waals surface area (Å²) in [7, 11) is 1.87. The van der Waals surface area contributed by atoms with E-state index in [1.807, 2.05) is 26.1 Å². The largest absolute Gasteiger partial charge is 0.479 e. The molecule has 0 aliphatic rings. The quantitative estimate of drug-likeness (QED) is 0.742. The highest BCUT2D eigenvalue weighted by atomic mass is 79.9. The molecule has 2 N–H and O–H groups in total. The molecule has 0 saturated heterocycles. The smallest absolute Gasteiger partial charge is 0.344 e. The van der Waals surface area contributed by atoms with Gasteiger partial charge in [0.2, 0.25) is 0 Å². The number of halogens is 2. The number of aliphatic carboxylic acids is 1. The number of hydrogen-bond acceptors (Lipinski definition) is 3. The third-order valence-corrected chi connectivity index (χ3v) is 3.70. The summed E-state index contributed by atoms with van der Waals surface area (Å²) >= 11 is 6.84. The summed E-state index contributed by atoms with van der Waals surface area (Å²) in [5, 5.41) is 12.2. The number of carboxylic acid groups (broad SMARTS) is 1. The molecule has 0 heterocycles. The van der Waals surface area contributed by atoms with E-state index < -0.39 is 12.1 Å². The summed E-state index contributed by atoms with van der Waals surface area (Å²) in [6.07, 6.45) is 0.407. The van der Waals surface area contributed by atoms with Crippen molar-refractivity contribution in [2.75, 3.05) is 7.05 Å². The van der Waals surface area contributed by atoms with Gasteiger partial charge in [-0.1, -0.05) is 13.3 Å². The molecule has 19 heavy (non-hydrogen) atoms. The van der Waals surface area contributed by atoms with Crippen LogP contribution in [0.2, 0.25) is 0 Å². The second-order valence-electron chi connectivity index (χ2n) is 4.15. The predicted molar refractivity (Wildman–Crippen MR) is 81.6 cm³/mol. The summed E-state index contributed by atoms with van der Waals surface area (Å²) in [5.41, 5.74) is 1.08. The molecule has 1 unspecified atom stereocenters. The fraction of sp³-hybridized carbons (Fsp3) is 0.462. The van der Waals surface area contributed by atoms with Gasteiger partial charge in [-0.3, -0.25) is 0 Å². The molecule has 106 valence electrons. The molecule has 4 nitrogen and oxygen atoms in total. The van der Waals surface area contributed by atoms with Gasteiger partial charge in [0, 0.05) is 6.54 Å². The van der Waals surface area contributed by atoms with Gasteiger partial charge in [-0.25, -0.2) is 4.79 Å². The molecule has 6 heteroatoms. The van der Waals surface area contributed by atoms with E-state index in [9.17, 15) is 4.79 Å². The summed E-state index contributed by atoms with van der Waals surface area (Å²) in [5.74, 6) is -0.416. The summed E-state index contributed by atoms with van der Waals surface area (Å²) < 4.78 is 7.09. The second kappa shape index (κ2) is 7.87. The predicted octanol–water partition coefficient (Wildman–Crippen LogP) is 3.56. The molecule has 0 aromatic heterocycles. The van der Waals surface area contributed by atoms with Crippen LogP contribution in [-0.4, -0.2) is 24.2 Å². The van der Waals surface area contributed by atoms with Crippen molar-refractivity contribution in [2.45, 2.75) is 32.4 Å². The average molecular weight is 395 g/mol. The van der Waals surface area contributed by atoms with Crippen molar-refractivity contribution in [2.24, 2.45) is 0 Å². The molecule has 0 bridgehead atoms. The Labute approximate surface area is 129 Å². The molecule has 0 aliphatic heterocycles. The molecule has 0 amide bonds. The van der Waals surface area contributed by atoms with Crippen molar-refractivity contribution < 1.29 is 14.6 Å². The molecule has 0 saturated carbocycles. The van der Waals surface area contributed by atoms with Crippen molar-refractivity contribution >= 4 is 37.8 Å². The molecule has 1 rings (SSSR count). The highest BCUT2D eigenvalue weighted by Gasteiger charge is 2.21. The van der Waals surface area contributed by atoms with Crippen LogP contribution in [0.3, 0.4) is 0 Å². The van der Waals surface area contributed by atoms with Crippen molar-refractivity contribution in [3.8, 4) is 5.75 Å². The standard InChI is InChI=1S/C13H17Br2NO3/c1-3-4-11(13(17)18)19-12-9(14)5-8(7-16-2)6-10(12)15/h5-6,11,16H,3-4,7H2,1-2H3,(H,17,18). The summed E-state index contributed by atoms with van der Waals surface area (Å²) in [6, 6.07) is 3.84. The fourth-order valence-corrected chi connectivity index (χ4v) is 3.14. The Morgan fingerprint density at radius 1 is 1.42 bits per heavy atom. The topological polar surface area (TPSA) is 58.6 Å². The van der Waals surface area contributed by atoms with Crippen LogP contribution in [-0.2, 0) is 11.3 Å². The van der Waals surface area contributed by atoms with Crippen LogP contribution in [0.4, 0.5) is 0 Å². The van der Waals surface area contributed by atoms with Gasteiger partial charge in [-0.05, 0) is 63.0 Å². The lowest BCUT2D eigenvalue weighted by Gasteiger charge is -2.17. The van der Waals surface area contributed by atoms with Gasteiger partial charge in [0.05, 0.1) is 8.95 Å². The van der Waals surface area contributed by atoms with E-state index in [4.69, 9.17) is 9.84 Å². The Morgan fingerprint density at radius 2 is 2.00 bits per heavy atom. The van der Waals surface area contributed by atoms with Crippen LogP contribution in [0.25, 0.3) is 0 Å². The Kier molecular flexibility index (Phi) is 6.82. The number of rotatable bonds is 7. The molecule has 0 spiro atoms. The molecular weight excluding hydrogens is 378 g/mol. The first-order valence-electron chi connectivity index (χ1n) is 6.01. The zero-order valence-corrected chi connectivity index (χ0v) is 14.0. The summed E-state index contributed by atoms with van der Waals surface area (Å²) in [6.45, 7) is 2.66. The van der Waals surface area contributed by atoms with E-state index >= 15 is 0 Å². The van der Waals surface area contributed by atoms with Crippen molar-refractivity contribution in [3.05, 3.63) is 26.6 Å². The lowest BCUT2D eigenvalue weighted by molar-refractivity contribution is -0.145. The molecule has 0 radical (unpaired) electrons. The van der Waals surface area contributed by atoms with Gasteiger partial charge in [-0.2, -0.15) is 0 Å². The minimum Gasteiger partial charge on any atom is -0.479 e. The molecule has 0 fully saturated rings. The number of nitrogens with one attached hydrogen (secondary N) is 1. The zero-order valence-electron chi connectivity index (χ0n) is 10.9. The van der Waals surface area contributed by atoms with Gasteiger partial charge in [-0.15, -0.1) is 0 Å². The Hall–Kier alpha value is -0.590. The zero-order chi connectivity index (χ0) is 14.4. The van der Waals surface area contributed by atoms with Gasteiger partial charge in [0.25, 0.3) is 0 Å². The number of carbonyl (C=O) groups is 1. The molecule has 1 aromatic carbocycles. The van der Waals surface area contributed by atoms with E-state index in [-0.39, 0.29) is 0 Å². The van der Waals surface area contributed by atoms with Crippen LogP contribution in [0, 0.1) is 0 Å². The first-order valence-corrected chi connectivity index (χ1v) is 7.60. The second-order valence-corrected chi connectivity index (χ2v) is 5.86. The van der Waals surface area contributed by atoms with Gasteiger partial charge in [0.1, 0.15) is 5.75 Å². The normalized spacial score (nSPS) is 12.2. The lowest BCUT2D eigenvalue weighted by Crippen LogP contribution is -2.27. The minimum absolute atomic E-state index is 0.479. The Balaban J connectivity index is 2.97. The molecule has 1 atom stereocenters. The molecule has 0 aliphatic carbocycles. The number of hydrogen-bond donors (Lipinski definition) is 2. The Bertz CT molecular complexity index is 429. The van der Waals surface area contributed by atoms with E-state index in [0.717, 1.165) is 27.5 Å². The first kappa shape index (κ1) is 16.5. The number of carboxylic acids is 1. The van der Waals surface area contributed by atoms with Crippen LogP contribution < -0.4 is 10.1 Å². The van der Waals surface area contributed by atoms with E-state index in [1.165, 1.54) is 0 Å². The van der Waals surface area contributed by atoms with Crippen LogP contribution >= 0.6 is 31.9 Å². The van der Waals surface area contributed by atoms with Crippen molar-refractivity contribution in [1.82, 2.24) is 5.32 Å². The van der Waals surface area contributed by atoms with Crippen LogP contribution in [0.5, 0.6) is 5.75 Å². The summed E-state index contributed by atoms with van der Waals surface area (Å²) in [4.78, 5) is 11.1. The maximum absolute atomic E-state index is 11.1. The van der Waals surface area contributed by atoms with Crippen molar-refractivity contribution in [3.63, 3.8) is 0 Å². The van der Waals surface area contributed by atoms with Gasteiger partial charge >= 0.3 is 5.97 Å².